The van der Waals surface area contributed by atoms with E-state index in [1.54, 1.807) is 12.1 Å². The lowest BCUT2D eigenvalue weighted by atomic mass is 10.2. The number of nitrogens with zero attached hydrogens (tertiary/aromatic N) is 1. The van der Waals surface area contributed by atoms with E-state index >= 15 is 0 Å². The van der Waals surface area contributed by atoms with Crippen molar-refractivity contribution < 1.29 is 9.13 Å². The first kappa shape index (κ1) is 12.9. The lowest BCUT2D eigenvalue weighted by molar-refractivity contribution is 0.478. The third-order valence-corrected chi connectivity index (χ3v) is 3.02. The summed E-state index contributed by atoms with van der Waals surface area (Å²) in [5, 5.41) is 9.42. The van der Waals surface area contributed by atoms with E-state index in [9.17, 15) is 4.39 Å². The highest BCUT2D eigenvalue weighted by Crippen LogP contribution is 2.29. The van der Waals surface area contributed by atoms with Crippen LogP contribution in [0.15, 0.2) is 40.9 Å². The summed E-state index contributed by atoms with van der Waals surface area (Å²) in [7, 11) is 0. The monoisotopic (exact) mass is 325 g/mol. The van der Waals surface area contributed by atoms with Gasteiger partial charge >= 0.3 is 0 Å². The number of hydrogen-bond donors (Lipinski definition) is 0. The molecule has 90 valence electrons. The number of hydrogen-bond acceptors (Lipinski definition) is 2. The highest BCUT2D eigenvalue weighted by molar-refractivity contribution is 9.10. The van der Waals surface area contributed by atoms with E-state index in [-0.39, 0.29) is 5.82 Å². The molecule has 0 aromatic heterocycles. The van der Waals surface area contributed by atoms with Crippen molar-refractivity contribution in [1.29, 1.82) is 5.26 Å². The molecule has 2 nitrogen and oxygen atoms in total. The van der Waals surface area contributed by atoms with Crippen LogP contribution in [0.2, 0.25) is 5.02 Å². The zero-order chi connectivity index (χ0) is 13.1. The van der Waals surface area contributed by atoms with Gasteiger partial charge in [-0.05, 0) is 52.3 Å². The Hall–Kier alpha value is -1.57. The molecule has 0 atom stereocenters. The van der Waals surface area contributed by atoms with Gasteiger partial charge in [0.1, 0.15) is 23.4 Å². The van der Waals surface area contributed by atoms with Gasteiger partial charge in [0.2, 0.25) is 0 Å². The summed E-state index contributed by atoms with van der Waals surface area (Å²) in [6.07, 6.45) is 0. The Morgan fingerprint density at radius 2 is 2.00 bits per heavy atom. The molecule has 2 aromatic rings. The van der Waals surface area contributed by atoms with Gasteiger partial charge in [-0.3, -0.25) is 0 Å². The molecule has 5 heteroatoms. The van der Waals surface area contributed by atoms with Gasteiger partial charge in [0.25, 0.3) is 0 Å². The van der Waals surface area contributed by atoms with Gasteiger partial charge in [0, 0.05) is 5.02 Å². The molecule has 0 unspecified atom stereocenters. The Bertz CT molecular complexity index is 639. The molecule has 0 fully saturated rings. The normalized spacial score (nSPS) is 9.89. The fourth-order valence-corrected chi connectivity index (χ4v) is 1.88. The molecule has 0 N–H and O–H groups in total. The van der Waals surface area contributed by atoms with E-state index in [0.29, 0.717) is 26.6 Å². The lowest BCUT2D eigenvalue weighted by Gasteiger charge is -2.08. The van der Waals surface area contributed by atoms with E-state index in [1.165, 1.54) is 24.3 Å². The first-order valence-corrected chi connectivity index (χ1v) is 6.10. The van der Waals surface area contributed by atoms with Crippen molar-refractivity contribution in [3.8, 4) is 17.6 Å². The van der Waals surface area contributed by atoms with Gasteiger partial charge in [-0.15, -0.1) is 0 Å². The molecule has 0 radical (unpaired) electrons. The first-order chi connectivity index (χ1) is 8.60. The van der Waals surface area contributed by atoms with Gasteiger partial charge in [0.05, 0.1) is 10.0 Å². The molecular formula is C13H6BrClFNO. The van der Waals surface area contributed by atoms with Crippen LogP contribution in [0.3, 0.4) is 0 Å². The number of ether oxygens (including phenoxy) is 1. The summed E-state index contributed by atoms with van der Waals surface area (Å²) < 4.78 is 18.9. The molecule has 2 rings (SSSR count). The number of benzene rings is 2. The molecule has 18 heavy (non-hydrogen) atoms. The summed E-state index contributed by atoms with van der Waals surface area (Å²) in [5.41, 5.74) is 0.322. The van der Waals surface area contributed by atoms with Crippen LogP contribution in [0.25, 0.3) is 0 Å². The number of rotatable bonds is 2. The zero-order valence-electron chi connectivity index (χ0n) is 8.95. The predicted octanol–water partition coefficient (Wildman–Crippen LogP) is 4.91. The minimum Gasteiger partial charge on any atom is -0.456 e. The highest BCUT2D eigenvalue weighted by Gasteiger charge is 2.07. The van der Waals surface area contributed by atoms with Crippen LogP contribution in [0.1, 0.15) is 5.56 Å². The Kier molecular flexibility index (Phi) is 3.85. The molecule has 0 amide bonds. The van der Waals surface area contributed by atoms with Crippen molar-refractivity contribution in [1.82, 2.24) is 0 Å². The van der Waals surface area contributed by atoms with Crippen LogP contribution in [0.4, 0.5) is 4.39 Å². The summed E-state index contributed by atoms with van der Waals surface area (Å²) >= 11 is 8.85. The SMILES string of the molecule is N#Cc1cc(Cl)ccc1Oc1ccc(F)c(Br)c1. The molecule has 0 aliphatic rings. The zero-order valence-corrected chi connectivity index (χ0v) is 11.3. The van der Waals surface area contributed by atoms with Gasteiger partial charge in [-0.1, -0.05) is 11.6 Å². The fourth-order valence-electron chi connectivity index (χ4n) is 1.35. The summed E-state index contributed by atoms with van der Waals surface area (Å²) in [6.45, 7) is 0. The largest absolute Gasteiger partial charge is 0.456 e. The third-order valence-electron chi connectivity index (χ3n) is 2.18. The highest BCUT2D eigenvalue weighted by atomic mass is 79.9. The molecule has 0 saturated heterocycles. The Morgan fingerprint density at radius 1 is 1.22 bits per heavy atom. The minimum absolute atomic E-state index is 0.299. The van der Waals surface area contributed by atoms with E-state index in [4.69, 9.17) is 21.6 Å². The van der Waals surface area contributed by atoms with Gasteiger partial charge < -0.3 is 4.74 Å². The Morgan fingerprint density at radius 3 is 2.67 bits per heavy atom. The molecule has 0 heterocycles. The average molecular weight is 327 g/mol. The van der Waals surface area contributed by atoms with Crippen LogP contribution < -0.4 is 4.74 Å². The van der Waals surface area contributed by atoms with Crippen molar-refractivity contribution in [2.75, 3.05) is 0 Å². The fraction of sp³-hybridized carbons (Fsp3) is 0. The molecule has 0 spiro atoms. The molecule has 0 aliphatic carbocycles. The summed E-state index contributed by atoms with van der Waals surface area (Å²) in [5.74, 6) is 0.432. The Balaban J connectivity index is 2.34. The number of halogens is 3. The molecule has 0 bridgehead atoms. The van der Waals surface area contributed by atoms with Crippen molar-refractivity contribution in [3.05, 3.63) is 57.3 Å². The predicted molar refractivity (Wildman–Crippen MR) is 70.3 cm³/mol. The summed E-state index contributed by atoms with van der Waals surface area (Å²) in [4.78, 5) is 0. The number of nitriles is 1. The second-order valence-electron chi connectivity index (χ2n) is 3.43. The van der Waals surface area contributed by atoms with Crippen molar-refractivity contribution in [2.24, 2.45) is 0 Å². The van der Waals surface area contributed by atoms with E-state index in [0.717, 1.165) is 0 Å². The van der Waals surface area contributed by atoms with Gasteiger partial charge in [0.15, 0.2) is 0 Å². The van der Waals surface area contributed by atoms with Gasteiger partial charge in [-0.2, -0.15) is 5.26 Å². The van der Waals surface area contributed by atoms with Crippen LogP contribution in [0.5, 0.6) is 11.5 Å². The van der Waals surface area contributed by atoms with E-state index in [1.807, 2.05) is 6.07 Å². The van der Waals surface area contributed by atoms with Crippen LogP contribution >= 0.6 is 27.5 Å². The average Bonchev–Trinajstić information content (AvgIpc) is 2.36. The van der Waals surface area contributed by atoms with E-state index < -0.39 is 0 Å². The van der Waals surface area contributed by atoms with Crippen molar-refractivity contribution in [3.63, 3.8) is 0 Å². The van der Waals surface area contributed by atoms with Crippen molar-refractivity contribution in [2.45, 2.75) is 0 Å². The Labute approximate surface area is 117 Å². The van der Waals surface area contributed by atoms with E-state index in [2.05, 4.69) is 15.9 Å². The smallest absolute Gasteiger partial charge is 0.145 e. The molecule has 2 aromatic carbocycles. The maximum absolute atomic E-state index is 13.1. The van der Waals surface area contributed by atoms with Crippen molar-refractivity contribution >= 4 is 27.5 Å². The molecule has 0 saturated carbocycles. The second kappa shape index (κ2) is 5.38. The molecular weight excluding hydrogens is 321 g/mol. The lowest BCUT2D eigenvalue weighted by Crippen LogP contribution is -1.89. The quantitative estimate of drug-likeness (QED) is 0.786. The maximum atomic E-state index is 13.1. The standard InChI is InChI=1S/C13H6BrClFNO/c14-11-6-10(2-3-12(11)16)18-13-4-1-9(15)5-8(13)7-17/h1-6H. The van der Waals surface area contributed by atoms with Gasteiger partial charge in [-0.25, -0.2) is 4.39 Å². The summed E-state index contributed by atoms with van der Waals surface area (Å²) in [6, 6.07) is 11.0. The van der Waals surface area contributed by atoms with Crippen LogP contribution in [-0.4, -0.2) is 0 Å². The second-order valence-corrected chi connectivity index (χ2v) is 4.72. The van der Waals surface area contributed by atoms with Crippen LogP contribution in [-0.2, 0) is 0 Å². The third kappa shape index (κ3) is 2.81. The molecule has 0 aliphatic heterocycles. The van der Waals surface area contributed by atoms with Crippen LogP contribution in [0, 0.1) is 17.1 Å². The first-order valence-electron chi connectivity index (χ1n) is 4.92. The topological polar surface area (TPSA) is 33.0 Å². The maximum Gasteiger partial charge on any atom is 0.145 e. The minimum atomic E-state index is -0.376.